The van der Waals surface area contributed by atoms with Crippen molar-refractivity contribution in [3.05, 3.63) is 71.8 Å². The van der Waals surface area contributed by atoms with Crippen molar-refractivity contribution in [1.29, 1.82) is 0 Å². The van der Waals surface area contributed by atoms with Gasteiger partial charge in [-0.2, -0.15) is 0 Å². The molecule has 2 aromatic carbocycles. The second kappa shape index (κ2) is 9.93. The molecular weight excluding hydrogens is 324 g/mol. The molecule has 0 atom stereocenters. The molecule has 27 heavy (non-hydrogen) atoms. The summed E-state index contributed by atoms with van der Waals surface area (Å²) < 4.78 is 0. The van der Waals surface area contributed by atoms with Crippen molar-refractivity contribution in [2.45, 2.75) is 77.6 Å². The van der Waals surface area contributed by atoms with Gasteiger partial charge in [0, 0.05) is 0 Å². The lowest BCUT2D eigenvalue weighted by Crippen LogP contribution is -2.14. The maximum atomic E-state index is 4.29. The number of rotatable bonds is 8. The van der Waals surface area contributed by atoms with E-state index in [0.29, 0.717) is 5.92 Å². The Morgan fingerprint density at radius 2 is 1.59 bits per heavy atom. The van der Waals surface area contributed by atoms with Crippen LogP contribution in [0.3, 0.4) is 0 Å². The van der Waals surface area contributed by atoms with Crippen molar-refractivity contribution in [2.75, 3.05) is 0 Å². The molecule has 3 rings (SSSR count). The summed E-state index contributed by atoms with van der Waals surface area (Å²) in [6.45, 7) is 8.79. The minimum absolute atomic E-state index is 0.715. The molecule has 0 N–H and O–H groups in total. The van der Waals surface area contributed by atoms with Crippen LogP contribution in [-0.4, -0.2) is 0 Å². The molecule has 0 nitrogen and oxygen atoms in total. The Kier molecular flexibility index (Phi) is 7.33. The van der Waals surface area contributed by atoms with Crippen LogP contribution >= 0.6 is 0 Å². The molecule has 0 radical (unpaired) electrons. The first-order valence-electron chi connectivity index (χ1n) is 11.1. The topological polar surface area (TPSA) is 0 Å². The van der Waals surface area contributed by atoms with E-state index in [2.05, 4.69) is 69.0 Å². The summed E-state index contributed by atoms with van der Waals surface area (Å²) in [5.41, 5.74) is 7.30. The average molecular weight is 361 g/mol. The molecule has 0 aliphatic heterocycles. The van der Waals surface area contributed by atoms with Gasteiger partial charge < -0.3 is 0 Å². The second-order valence-corrected chi connectivity index (χ2v) is 8.46. The van der Waals surface area contributed by atoms with E-state index in [1.807, 2.05) is 0 Å². The van der Waals surface area contributed by atoms with Gasteiger partial charge in [0.1, 0.15) is 0 Å². The van der Waals surface area contributed by atoms with Gasteiger partial charge >= 0.3 is 0 Å². The van der Waals surface area contributed by atoms with E-state index >= 15 is 0 Å². The van der Waals surface area contributed by atoms with Crippen LogP contribution in [0.15, 0.2) is 60.7 Å². The zero-order valence-corrected chi connectivity index (χ0v) is 17.3. The Hall–Kier alpha value is -1.82. The van der Waals surface area contributed by atoms with Gasteiger partial charge in [0.15, 0.2) is 0 Å². The predicted molar refractivity (Wildman–Crippen MR) is 119 cm³/mol. The van der Waals surface area contributed by atoms with Crippen LogP contribution in [0, 0.1) is 5.92 Å². The molecule has 0 amide bonds. The highest BCUT2D eigenvalue weighted by Gasteiger charge is 2.24. The van der Waals surface area contributed by atoms with Crippen LogP contribution in [0.2, 0.25) is 0 Å². The maximum Gasteiger partial charge on any atom is -0.0149 e. The summed E-state index contributed by atoms with van der Waals surface area (Å²) in [5.74, 6) is 1.58. The van der Waals surface area contributed by atoms with Crippen LogP contribution in [0.1, 0.15) is 82.3 Å². The minimum atomic E-state index is 0.715. The number of allylic oxidation sites excluding steroid dienone is 1. The summed E-state index contributed by atoms with van der Waals surface area (Å²) in [4.78, 5) is 0. The third-order valence-electron chi connectivity index (χ3n) is 6.23. The van der Waals surface area contributed by atoms with Crippen LogP contribution in [0.25, 0.3) is 11.1 Å². The highest BCUT2D eigenvalue weighted by molar-refractivity contribution is 5.68. The van der Waals surface area contributed by atoms with Crippen LogP contribution in [-0.2, 0) is 6.42 Å². The van der Waals surface area contributed by atoms with Gasteiger partial charge in [-0.1, -0.05) is 87.4 Å². The van der Waals surface area contributed by atoms with Crippen molar-refractivity contribution in [3.63, 3.8) is 0 Å². The molecule has 0 heterocycles. The Balaban J connectivity index is 1.69. The lowest BCUT2D eigenvalue weighted by Gasteiger charge is -2.30. The highest BCUT2D eigenvalue weighted by Crippen LogP contribution is 2.41. The zero-order chi connectivity index (χ0) is 19.1. The van der Waals surface area contributed by atoms with Gasteiger partial charge in [0.05, 0.1) is 0 Å². The van der Waals surface area contributed by atoms with Gasteiger partial charge in [-0.15, -0.1) is 0 Å². The molecule has 0 heteroatoms. The third kappa shape index (κ3) is 5.34. The van der Waals surface area contributed by atoms with E-state index in [-0.39, 0.29) is 0 Å². The molecule has 0 unspecified atom stereocenters. The molecule has 0 spiro atoms. The first kappa shape index (κ1) is 19.9. The fourth-order valence-corrected chi connectivity index (χ4v) is 4.80. The van der Waals surface area contributed by atoms with Crippen molar-refractivity contribution >= 4 is 0 Å². The zero-order valence-electron chi connectivity index (χ0n) is 17.3. The van der Waals surface area contributed by atoms with Crippen molar-refractivity contribution in [2.24, 2.45) is 5.92 Å². The molecule has 2 aromatic rings. The summed E-state index contributed by atoms with van der Waals surface area (Å²) in [5, 5.41) is 0. The number of benzene rings is 2. The average Bonchev–Trinajstić information content (AvgIpc) is 2.70. The van der Waals surface area contributed by atoms with Gasteiger partial charge in [0.2, 0.25) is 0 Å². The van der Waals surface area contributed by atoms with E-state index in [1.165, 1.54) is 80.1 Å². The molecule has 144 valence electrons. The number of hydrogen-bond acceptors (Lipinski definition) is 0. The quantitative estimate of drug-likeness (QED) is 0.415. The van der Waals surface area contributed by atoms with Gasteiger partial charge in [-0.3, -0.25) is 0 Å². The Labute approximate surface area is 166 Å². The monoisotopic (exact) mass is 360 g/mol. The molecule has 0 saturated heterocycles. The summed E-state index contributed by atoms with van der Waals surface area (Å²) >= 11 is 0. The van der Waals surface area contributed by atoms with Crippen molar-refractivity contribution in [3.8, 4) is 11.1 Å². The standard InChI is InChI=1S/C27H36/c1-4-8-21(3)20-23-14-18-25(19-15-23)27-11-7-6-10-26(27)24-16-12-22(9-5-2)13-17-24/h6-7,10-13,16-17,23,25H,3-5,8-9,14-15,18-20H2,1-2H3. The molecule has 0 aromatic heterocycles. The predicted octanol–water partition coefficient (Wildman–Crippen LogP) is 8.33. The maximum absolute atomic E-state index is 4.29. The van der Waals surface area contributed by atoms with Crippen LogP contribution in [0.5, 0.6) is 0 Å². The summed E-state index contributed by atoms with van der Waals surface area (Å²) in [6.07, 6.45) is 11.5. The largest absolute Gasteiger partial charge is 0.0999 e. The van der Waals surface area contributed by atoms with Crippen molar-refractivity contribution in [1.82, 2.24) is 0 Å². The van der Waals surface area contributed by atoms with E-state index in [1.54, 1.807) is 5.56 Å². The molecule has 1 aliphatic rings. The molecule has 1 saturated carbocycles. The third-order valence-corrected chi connectivity index (χ3v) is 6.23. The van der Waals surface area contributed by atoms with E-state index < -0.39 is 0 Å². The van der Waals surface area contributed by atoms with E-state index in [4.69, 9.17) is 0 Å². The fourth-order valence-electron chi connectivity index (χ4n) is 4.80. The fraction of sp³-hybridized carbons (Fsp3) is 0.481. The van der Waals surface area contributed by atoms with Gasteiger partial charge in [-0.05, 0) is 79.0 Å². The van der Waals surface area contributed by atoms with E-state index in [0.717, 1.165) is 5.92 Å². The summed E-state index contributed by atoms with van der Waals surface area (Å²) in [6, 6.07) is 18.4. The van der Waals surface area contributed by atoms with Crippen molar-refractivity contribution < 1.29 is 0 Å². The molecule has 1 fully saturated rings. The normalized spacial score (nSPS) is 19.8. The lowest BCUT2D eigenvalue weighted by atomic mass is 9.75. The Morgan fingerprint density at radius 3 is 2.26 bits per heavy atom. The SMILES string of the molecule is C=C(CCC)CC1CCC(c2ccccc2-c2ccc(CCC)cc2)CC1. The van der Waals surface area contributed by atoms with Crippen LogP contribution < -0.4 is 0 Å². The lowest BCUT2D eigenvalue weighted by molar-refractivity contribution is 0.322. The Morgan fingerprint density at radius 1 is 0.889 bits per heavy atom. The first-order chi connectivity index (χ1) is 13.2. The minimum Gasteiger partial charge on any atom is -0.0999 e. The first-order valence-corrected chi connectivity index (χ1v) is 11.1. The van der Waals surface area contributed by atoms with E-state index in [9.17, 15) is 0 Å². The molecular formula is C27H36. The summed E-state index contributed by atoms with van der Waals surface area (Å²) in [7, 11) is 0. The van der Waals surface area contributed by atoms with Crippen LogP contribution in [0.4, 0.5) is 0 Å². The number of aryl methyl sites for hydroxylation is 1. The highest BCUT2D eigenvalue weighted by atomic mass is 14.3. The molecule has 1 aliphatic carbocycles. The number of hydrogen-bond donors (Lipinski definition) is 0. The Bertz CT molecular complexity index is 714. The van der Waals surface area contributed by atoms with Gasteiger partial charge in [-0.25, -0.2) is 0 Å². The second-order valence-electron chi connectivity index (χ2n) is 8.46. The molecule has 0 bridgehead atoms. The smallest absolute Gasteiger partial charge is 0.0149 e. The van der Waals surface area contributed by atoms with Gasteiger partial charge in [0.25, 0.3) is 0 Å².